The van der Waals surface area contributed by atoms with Crippen molar-refractivity contribution < 1.29 is 10.2 Å². The van der Waals surface area contributed by atoms with E-state index in [0.29, 0.717) is 19.1 Å². The van der Waals surface area contributed by atoms with Gasteiger partial charge in [-0.1, -0.05) is 47.5 Å². The molecule has 0 saturated carbocycles. The molecule has 0 aromatic rings. The fourth-order valence-electron chi connectivity index (χ4n) is 0.659. The van der Waals surface area contributed by atoms with Crippen molar-refractivity contribution in [3.63, 3.8) is 0 Å². The van der Waals surface area contributed by atoms with Crippen molar-refractivity contribution in [1.82, 2.24) is 0 Å². The lowest BCUT2D eigenvalue weighted by molar-refractivity contribution is 0.155. The molecular weight excluding hydrogens is 176 g/mol. The molecule has 88 valence electrons. The Labute approximate surface area is 89.3 Å². The van der Waals surface area contributed by atoms with E-state index in [-0.39, 0.29) is 5.41 Å². The van der Waals surface area contributed by atoms with Crippen molar-refractivity contribution >= 4 is 0 Å². The van der Waals surface area contributed by atoms with E-state index in [4.69, 9.17) is 10.2 Å². The molecule has 0 aliphatic rings. The number of hydrogen-bond donors (Lipinski definition) is 2. The van der Waals surface area contributed by atoms with Crippen LogP contribution in [0.1, 0.15) is 53.9 Å². The van der Waals surface area contributed by atoms with Gasteiger partial charge < -0.3 is 10.2 Å². The highest BCUT2D eigenvalue weighted by Crippen LogP contribution is 2.16. The number of aliphatic hydroxyl groups is 2. The Balaban J connectivity index is 0. The minimum Gasteiger partial charge on any atom is -0.396 e. The summed E-state index contributed by atoms with van der Waals surface area (Å²) in [5.41, 5.74) is 0.139. The minimum absolute atomic E-state index is 0.139. The smallest absolute Gasteiger partial charge is 0.0482 e. The zero-order valence-electron chi connectivity index (χ0n) is 10.5. The third-order valence-corrected chi connectivity index (χ3v) is 2.80. The van der Waals surface area contributed by atoms with Crippen molar-refractivity contribution in [2.45, 2.75) is 53.9 Å². The average Bonchev–Trinajstić information content (AvgIpc) is 2.21. The third kappa shape index (κ3) is 10.0. The largest absolute Gasteiger partial charge is 0.396 e. The van der Waals surface area contributed by atoms with E-state index < -0.39 is 0 Å². The molecular formula is C12H28O2. The quantitative estimate of drug-likeness (QED) is 0.723. The molecule has 2 nitrogen and oxygen atoms in total. The maximum absolute atomic E-state index is 8.59. The monoisotopic (exact) mass is 204 g/mol. The van der Waals surface area contributed by atoms with Gasteiger partial charge in [-0.25, -0.2) is 0 Å². The second-order valence-electron chi connectivity index (χ2n) is 4.54. The first-order valence-corrected chi connectivity index (χ1v) is 5.69. The molecule has 0 amide bonds. The van der Waals surface area contributed by atoms with Crippen molar-refractivity contribution in [3.8, 4) is 0 Å². The van der Waals surface area contributed by atoms with E-state index in [1.807, 2.05) is 13.8 Å². The summed E-state index contributed by atoms with van der Waals surface area (Å²) in [4.78, 5) is 0. The number of rotatable bonds is 5. The van der Waals surface area contributed by atoms with Gasteiger partial charge in [0.05, 0.1) is 0 Å². The zero-order valence-corrected chi connectivity index (χ0v) is 10.5. The van der Waals surface area contributed by atoms with Crippen LogP contribution >= 0.6 is 0 Å². The molecule has 0 aromatic carbocycles. The Morgan fingerprint density at radius 2 is 1.43 bits per heavy atom. The molecule has 0 spiro atoms. The van der Waals surface area contributed by atoms with Crippen LogP contribution < -0.4 is 0 Å². The Bertz CT molecular complexity index is 95.4. The molecule has 0 saturated heterocycles. The topological polar surface area (TPSA) is 40.5 Å². The van der Waals surface area contributed by atoms with Gasteiger partial charge >= 0.3 is 0 Å². The summed E-state index contributed by atoms with van der Waals surface area (Å²) in [6.45, 7) is 11.0. The lowest BCUT2D eigenvalue weighted by Crippen LogP contribution is -2.14. The second-order valence-corrected chi connectivity index (χ2v) is 4.54. The Morgan fingerprint density at radius 1 is 1.00 bits per heavy atom. The normalized spacial score (nSPS) is 11.1. The molecule has 0 rings (SSSR count). The Morgan fingerprint density at radius 3 is 1.43 bits per heavy atom. The van der Waals surface area contributed by atoms with Crippen LogP contribution in [0.2, 0.25) is 0 Å². The highest BCUT2D eigenvalue weighted by molar-refractivity contribution is 4.62. The first kappa shape index (κ1) is 16.4. The average molecular weight is 204 g/mol. The van der Waals surface area contributed by atoms with Gasteiger partial charge in [-0.2, -0.15) is 0 Å². The Hall–Kier alpha value is -0.0800. The van der Waals surface area contributed by atoms with Crippen LogP contribution in [-0.2, 0) is 0 Å². The van der Waals surface area contributed by atoms with Crippen LogP contribution in [0.5, 0.6) is 0 Å². The maximum Gasteiger partial charge on any atom is 0.0482 e. The van der Waals surface area contributed by atoms with Crippen LogP contribution in [0.3, 0.4) is 0 Å². The predicted octanol–water partition coefficient (Wildman–Crippen LogP) is 2.83. The van der Waals surface area contributed by atoms with Crippen LogP contribution in [0.15, 0.2) is 0 Å². The van der Waals surface area contributed by atoms with E-state index in [9.17, 15) is 0 Å². The molecule has 0 heterocycles. The molecule has 0 bridgehead atoms. The zero-order chi connectivity index (χ0) is 11.6. The first-order chi connectivity index (χ1) is 6.47. The number of hydrogen-bond acceptors (Lipinski definition) is 2. The van der Waals surface area contributed by atoms with Gasteiger partial charge in [0, 0.05) is 13.2 Å². The van der Waals surface area contributed by atoms with Gasteiger partial charge in [-0.15, -0.1) is 0 Å². The van der Waals surface area contributed by atoms with E-state index in [2.05, 4.69) is 20.8 Å². The van der Waals surface area contributed by atoms with Gasteiger partial charge in [0.25, 0.3) is 0 Å². The van der Waals surface area contributed by atoms with E-state index in [0.717, 1.165) is 19.3 Å². The highest BCUT2D eigenvalue weighted by atomic mass is 16.3. The van der Waals surface area contributed by atoms with Gasteiger partial charge in [0.1, 0.15) is 0 Å². The molecule has 0 radical (unpaired) electrons. The van der Waals surface area contributed by atoms with E-state index in [1.165, 1.54) is 0 Å². The molecule has 0 fully saturated rings. The van der Waals surface area contributed by atoms with Crippen molar-refractivity contribution in [3.05, 3.63) is 0 Å². The van der Waals surface area contributed by atoms with E-state index >= 15 is 0 Å². The lowest BCUT2D eigenvalue weighted by Gasteiger charge is -2.17. The van der Waals surface area contributed by atoms with Crippen LogP contribution in [0.4, 0.5) is 0 Å². The van der Waals surface area contributed by atoms with Gasteiger partial charge in [0.2, 0.25) is 0 Å². The van der Waals surface area contributed by atoms with Crippen LogP contribution in [0, 0.1) is 11.3 Å². The van der Waals surface area contributed by atoms with E-state index in [1.54, 1.807) is 0 Å². The molecule has 14 heavy (non-hydrogen) atoms. The molecule has 0 aliphatic carbocycles. The molecule has 2 N–H and O–H groups in total. The van der Waals surface area contributed by atoms with Crippen LogP contribution in [-0.4, -0.2) is 23.4 Å². The summed E-state index contributed by atoms with van der Waals surface area (Å²) >= 11 is 0. The summed E-state index contributed by atoms with van der Waals surface area (Å²) in [5, 5.41) is 17.1. The molecule has 0 aromatic heterocycles. The molecule has 0 aliphatic heterocycles. The second kappa shape index (κ2) is 9.47. The van der Waals surface area contributed by atoms with Crippen molar-refractivity contribution in [1.29, 1.82) is 0 Å². The number of aliphatic hydroxyl groups excluding tert-OH is 2. The van der Waals surface area contributed by atoms with Crippen molar-refractivity contribution in [2.75, 3.05) is 13.2 Å². The summed E-state index contributed by atoms with van der Waals surface area (Å²) in [6.07, 6.45) is 3.25. The predicted molar refractivity (Wildman–Crippen MR) is 62.3 cm³/mol. The summed E-state index contributed by atoms with van der Waals surface area (Å²) in [5.74, 6) is 0.542. The third-order valence-electron chi connectivity index (χ3n) is 2.80. The first-order valence-electron chi connectivity index (χ1n) is 5.69. The summed E-state index contributed by atoms with van der Waals surface area (Å²) in [6, 6.07) is 0. The fourth-order valence-corrected chi connectivity index (χ4v) is 0.659. The van der Waals surface area contributed by atoms with Gasteiger partial charge in [0.15, 0.2) is 0 Å². The standard InChI is InChI=1S/2C6H14O/c1-4-6(2,3)5-7;1-3-6(4-2)5-7/h7H,4-5H2,1-3H3;6-7H,3-5H2,1-2H3. The van der Waals surface area contributed by atoms with Gasteiger partial charge in [-0.05, 0) is 17.8 Å². The van der Waals surface area contributed by atoms with Crippen molar-refractivity contribution in [2.24, 2.45) is 11.3 Å². The summed E-state index contributed by atoms with van der Waals surface area (Å²) < 4.78 is 0. The fraction of sp³-hybridized carbons (Fsp3) is 1.00. The summed E-state index contributed by atoms with van der Waals surface area (Å²) in [7, 11) is 0. The van der Waals surface area contributed by atoms with Crippen LogP contribution in [0.25, 0.3) is 0 Å². The maximum atomic E-state index is 8.59. The SMILES string of the molecule is CCC(C)(C)CO.CCC(CC)CO. The van der Waals surface area contributed by atoms with Gasteiger partial charge in [-0.3, -0.25) is 0 Å². The molecule has 0 unspecified atom stereocenters. The minimum atomic E-state index is 0.139. The lowest BCUT2D eigenvalue weighted by atomic mass is 9.92. The molecule has 2 heteroatoms. The Kier molecular flexibility index (Phi) is 11.1. The molecule has 0 atom stereocenters. The highest BCUT2D eigenvalue weighted by Gasteiger charge is 2.11.